The zero-order valence-corrected chi connectivity index (χ0v) is 10.9. The van der Waals surface area contributed by atoms with Gasteiger partial charge in [0.15, 0.2) is 0 Å². The van der Waals surface area contributed by atoms with Crippen LogP contribution in [0.2, 0.25) is 0 Å². The first-order chi connectivity index (χ1) is 9.00. The van der Waals surface area contributed by atoms with Crippen molar-refractivity contribution in [1.82, 2.24) is 0 Å². The van der Waals surface area contributed by atoms with Crippen LogP contribution in [0.1, 0.15) is 11.1 Å². The number of nitrogens with zero attached hydrogens (tertiary/aromatic N) is 2. The monoisotopic (exact) mass is 256 g/mol. The first-order valence-corrected chi connectivity index (χ1v) is 5.90. The highest BCUT2D eigenvalue weighted by molar-refractivity contribution is 5.60. The third-order valence-electron chi connectivity index (χ3n) is 3.10. The fourth-order valence-corrected chi connectivity index (χ4v) is 1.75. The second-order valence-electron chi connectivity index (χ2n) is 4.36. The van der Waals surface area contributed by atoms with Crippen molar-refractivity contribution in [1.29, 1.82) is 0 Å². The van der Waals surface area contributed by atoms with Crippen molar-refractivity contribution in [2.24, 2.45) is 5.11 Å². The van der Waals surface area contributed by atoms with Gasteiger partial charge in [0, 0.05) is 33.7 Å². The van der Waals surface area contributed by atoms with Gasteiger partial charge in [0.25, 0.3) is 0 Å². The molecule has 0 radical (unpaired) electrons. The second-order valence-corrected chi connectivity index (χ2v) is 4.36. The SMILES string of the molecule is Cc1c(N)cccc1N=[N+]([O-])c1cccc(N)c1C. The summed E-state index contributed by atoms with van der Waals surface area (Å²) in [5.74, 6) is 0. The average Bonchev–Trinajstić information content (AvgIpc) is 2.38. The normalized spacial score (nSPS) is 11.6. The molecule has 0 heterocycles. The molecule has 2 aromatic carbocycles. The van der Waals surface area contributed by atoms with Crippen LogP contribution in [0.25, 0.3) is 0 Å². The molecule has 0 aromatic heterocycles. The number of azo groups is 1. The van der Waals surface area contributed by atoms with Gasteiger partial charge in [-0.05, 0) is 36.9 Å². The van der Waals surface area contributed by atoms with Crippen molar-refractivity contribution in [3.8, 4) is 0 Å². The van der Waals surface area contributed by atoms with E-state index in [0.717, 1.165) is 5.56 Å². The molecule has 0 aliphatic carbocycles. The molecule has 0 saturated carbocycles. The fourth-order valence-electron chi connectivity index (χ4n) is 1.75. The van der Waals surface area contributed by atoms with Crippen molar-refractivity contribution >= 4 is 22.7 Å². The first kappa shape index (κ1) is 12.9. The molecule has 5 nitrogen and oxygen atoms in total. The highest BCUT2D eigenvalue weighted by Crippen LogP contribution is 2.28. The van der Waals surface area contributed by atoms with E-state index < -0.39 is 0 Å². The Bertz CT molecular complexity index is 650. The number of nitrogen functional groups attached to an aromatic ring is 2. The summed E-state index contributed by atoms with van der Waals surface area (Å²) in [6.07, 6.45) is 0. The average molecular weight is 256 g/mol. The summed E-state index contributed by atoms with van der Waals surface area (Å²) in [5.41, 5.74) is 15.2. The molecule has 19 heavy (non-hydrogen) atoms. The van der Waals surface area contributed by atoms with Crippen molar-refractivity contribution in [2.45, 2.75) is 13.8 Å². The van der Waals surface area contributed by atoms with Gasteiger partial charge in [0.1, 0.15) is 5.69 Å². The van der Waals surface area contributed by atoms with Gasteiger partial charge < -0.3 is 16.7 Å². The Kier molecular flexibility index (Phi) is 3.37. The number of nitrogens with two attached hydrogens (primary N) is 2. The number of anilines is 2. The van der Waals surface area contributed by atoms with Crippen molar-refractivity contribution in [2.75, 3.05) is 11.5 Å². The summed E-state index contributed by atoms with van der Waals surface area (Å²) in [4.78, 5) is 0.577. The molecule has 0 amide bonds. The summed E-state index contributed by atoms with van der Waals surface area (Å²) in [5, 5.41) is 16.1. The number of hydrogen-bond acceptors (Lipinski definition) is 4. The number of benzene rings is 2. The minimum atomic E-state index is 0.432. The van der Waals surface area contributed by atoms with Gasteiger partial charge in [-0.25, -0.2) is 0 Å². The van der Waals surface area contributed by atoms with Gasteiger partial charge >= 0.3 is 0 Å². The van der Waals surface area contributed by atoms with Crippen LogP contribution >= 0.6 is 0 Å². The molecule has 0 spiro atoms. The minimum absolute atomic E-state index is 0.432. The number of rotatable bonds is 2. The predicted octanol–water partition coefficient (Wildman–Crippen LogP) is 3.39. The number of hydrogen-bond donors (Lipinski definition) is 2. The van der Waals surface area contributed by atoms with Crippen molar-refractivity contribution in [3.05, 3.63) is 52.7 Å². The van der Waals surface area contributed by atoms with Gasteiger partial charge in [-0.2, -0.15) is 0 Å². The van der Waals surface area contributed by atoms with Crippen LogP contribution in [0, 0.1) is 19.1 Å². The van der Waals surface area contributed by atoms with Crippen molar-refractivity contribution in [3.63, 3.8) is 0 Å². The Morgan fingerprint density at radius 3 is 2.21 bits per heavy atom. The minimum Gasteiger partial charge on any atom is -0.594 e. The summed E-state index contributed by atoms with van der Waals surface area (Å²) >= 11 is 0. The van der Waals surface area contributed by atoms with Crippen LogP contribution in [0.5, 0.6) is 0 Å². The lowest BCUT2D eigenvalue weighted by Gasteiger charge is -2.06. The van der Waals surface area contributed by atoms with E-state index in [1.165, 1.54) is 0 Å². The lowest BCUT2D eigenvalue weighted by atomic mass is 10.1. The third kappa shape index (κ3) is 2.49. The maximum atomic E-state index is 12.1. The third-order valence-corrected chi connectivity index (χ3v) is 3.10. The van der Waals surface area contributed by atoms with Crippen LogP contribution in [0.4, 0.5) is 22.7 Å². The summed E-state index contributed by atoms with van der Waals surface area (Å²) < 4.78 is 0. The van der Waals surface area contributed by atoms with E-state index in [1.54, 1.807) is 43.3 Å². The Labute approximate surface area is 111 Å². The van der Waals surface area contributed by atoms with Crippen LogP contribution < -0.4 is 11.5 Å². The van der Waals surface area contributed by atoms with Gasteiger partial charge in [0.2, 0.25) is 5.69 Å². The maximum Gasteiger partial charge on any atom is 0.249 e. The van der Waals surface area contributed by atoms with E-state index in [0.29, 0.717) is 33.2 Å². The molecule has 2 rings (SSSR count). The lowest BCUT2D eigenvalue weighted by molar-refractivity contribution is -0.435. The Balaban J connectivity index is 2.49. The Hall–Kier alpha value is -2.56. The summed E-state index contributed by atoms with van der Waals surface area (Å²) in [7, 11) is 0. The molecule has 5 heteroatoms. The summed E-state index contributed by atoms with van der Waals surface area (Å²) in [6.45, 7) is 3.62. The molecule has 0 atom stereocenters. The van der Waals surface area contributed by atoms with E-state index in [-0.39, 0.29) is 0 Å². The summed E-state index contributed by atoms with van der Waals surface area (Å²) in [6, 6.07) is 10.4. The van der Waals surface area contributed by atoms with E-state index >= 15 is 0 Å². The highest BCUT2D eigenvalue weighted by Gasteiger charge is 2.11. The predicted molar refractivity (Wildman–Crippen MR) is 76.6 cm³/mol. The molecular weight excluding hydrogens is 240 g/mol. The quantitative estimate of drug-likeness (QED) is 0.373. The molecule has 0 aliphatic rings. The van der Waals surface area contributed by atoms with E-state index in [4.69, 9.17) is 11.5 Å². The maximum absolute atomic E-state index is 12.1. The molecule has 0 saturated heterocycles. The standard InChI is InChI=1S/C14H16N4O/c1-9-11(15)5-3-7-13(9)17-18(19)14-8-4-6-12(16)10(14)2/h3-8H,15-16H2,1-2H3. The molecule has 0 fully saturated rings. The first-order valence-electron chi connectivity index (χ1n) is 5.90. The molecule has 0 bridgehead atoms. The fraction of sp³-hybridized carbons (Fsp3) is 0.143. The topological polar surface area (TPSA) is 90.5 Å². The second kappa shape index (κ2) is 4.97. The lowest BCUT2D eigenvalue weighted by Crippen LogP contribution is -1.98. The Morgan fingerprint density at radius 2 is 1.53 bits per heavy atom. The van der Waals surface area contributed by atoms with Gasteiger partial charge in [-0.3, -0.25) is 0 Å². The molecule has 0 aliphatic heterocycles. The van der Waals surface area contributed by atoms with Crippen LogP contribution in [-0.2, 0) is 0 Å². The Morgan fingerprint density at radius 1 is 0.947 bits per heavy atom. The molecule has 98 valence electrons. The largest absolute Gasteiger partial charge is 0.594 e. The van der Waals surface area contributed by atoms with Gasteiger partial charge in [0.05, 0.1) is 0 Å². The zero-order chi connectivity index (χ0) is 14.0. The molecule has 4 N–H and O–H groups in total. The van der Waals surface area contributed by atoms with Crippen LogP contribution in [-0.4, -0.2) is 4.86 Å². The smallest absolute Gasteiger partial charge is 0.249 e. The molecule has 0 unspecified atom stereocenters. The highest BCUT2D eigenvalue weighted by atomic mass is 16.5. The molecule has 2 aromatic rings. The van der Waals surface area contributed by atoms with E-state index in [9.17, 15) is 5.21 Å². The van der Waals surface area contributed by atoms with E-state index in [1.807, 2.05) is 6.92 Å². The van der Waals surface area contributed by atoms with E-state index in [2.05, 4.69) is 5.11 Å². The van der Waals surface area contributed by atoms with Crippen LogP contribution in [0.3, 0.4) is 0 Å². The van der Waals surface area contributed by atoms with Gasteiger partial charge in [-0.1, -0.05) is 12.1 Å². The van der Waals surface area contributed by atoms with Crippen molar-refractivity contribution < 1.29 is 4.86 Å². The van der Waals surface area contributed by atoms with Crippen LogP contribution in [0.15, 0.2) is 41.5 Å². The van der Waals surface area contributed by atoms with Gasteiger partial charge in [-0.15, -0.1) is 0 Å². The zero-order valence-electron chi connectivity index (χ0n) is 10.9. The molecular formula is C14H16N4O.